The summed E-state index contributed by atoms with van der Waals surface area (Å²) in [6.45, 7) is -0.313. The monoisotopic (exact) mass is 598 g/mol. The number of aliphatic hydroxyl groups excluding tert-OH is 1. The maximum Gasteiger partial charge on any atom is 0.352 e. The maximum atomic E-state index is 12.8. The number of aliphatic carboxylic acids is 1. The molecule has 3 aliphatic rings. The van der Waals surface area contributed by atoms with Gasteiger partial charge in [-0.25, -0.2) is 4.79 Å². The standard InChI is InChI=1S/C32H26N2O6S2/c35-16-22-23(33-27(36)12-18-4-2-1-3-5-18)9-8-21-20-7-6-19(13-25(20)40-30(21)22)32(10-11-41-17-32)26-14-24(31(38)39)34-28(37)15-29(34)42-26/h1-11,13-14,26,29,35H,12,15-17H2,(H,33,36)(H,38,39)/t26?,29-,32?/m1/s1. The van der Waals surface area contributed by atoms with Crippen molar-refractivity contribution in [2.24, 2.45) is 0 Å². The fraction of sp³-hybridized carbons (Fsp3) is 0.219. The van der Waals surface area contributed by atoms with E-state index in [4.69, 9.17) is 4.42 Å². The highest BCUT2D eigenvalue weighted by Gasteiger charge is 2.51. The van der Waals surface area contributed by atoms with Crippen molar-refractivity contribution in [3.8, 4) is 0 Å². The van der Waals surface area contributed by atoms with Gasteiger partial charge in [0, 0.05) is 32.8 Å². The normalized spacial score (nSPS) is 23.1. The van der Waals surface area contributed by atoms with Crippen molar-refractivity contribution >= 4 is 68.9 Å². The van der Waals surface area contributed by atoms with E-state index < -0.39 is 11.4 Å². The number of allylic oxidation sites excluding steroid dienone is 1. The Hall–Kier alpha value is -3.99. The molecule has 4 heterocycles. The average molecular weight is 599 g/mol. The van der Waals surface area contributed by atoms with Crippen LogP contribution in [0.3, 0.4) is 0 Å². The molecule has 3 aliphatic heterocycles. The van der Waals surface area contributed by atoms with E-state index in [0.29, 0.717) is 28.8 Å². The highest BCUT2D eigenvalue weighted by molar-refractivity contribution is 8.03. The summed E-state index contributed by atoms with van der Waals surface area (Å²) in [6, 6.07) is 19.2. The lowest BCUT2D eigenvalue weighted by atomic mass is 9.78. The van der Waals surface area contributed by atoms with Gasteiger partial charge in [-0.3, -0.25) is 14.5 Å². The fourth-order valence-corrected chi connectivity index (χ4v) is 8.96. The minimum absolute atomic E-state index is 0.0453. The number of carboxylic acid groups (broad SMARTS) is 1. The first-order valence-electron chi connectivity index (χ1n) is 13.5. The van der Waals surface area contributed by atoms with E-state index >= 15 is 0 Å². The third-order valence-electron chi connectivity index (χ3n) is 8.21. The van der Waals surface area contributed by atoms with Crippen LogP contribution >= 0.6 is 23.5 Å². The van der Waals surface area contributed by atoms with Crippen molar-refractivity contribution in [3.05, 3.63) is 101 Å². The van der Waals surface area contributed by atoms with Gasteiger partial charge in [0.25, 0.3) is 0 Å². The Bertz CT molecular complexity index is 1830. The van der Waals surface area contributed by atoms with E-state index in [-0.39, 0.29) is 41.2 Å². The van der Waals surface area contributed by atoms with E-state index in [2.05, 4.69) is 17.5 Å². The van der Waals surface area contributed by atoms with Gasteiger partial charge in [-0.1, -0.05) is 48.5 Å². The molecule has 0 bridgehead atoms. The van der Waals surface area contributed by atoms with Crippen molar-refractivity contribution in [2.75, 3.05) is 11.1 Å². The molecule has 0 saturated carbocycles. The predicted molar refractivity (Wildman–Crippen MR) is 164 cm³/mol. The molecule has 3 aromatic carbocycles. The zero-order valence-corrected chi connectivity index (χ0v) is 23.9. The van der Waals surface area contributed by atoms with Gasteiger partial charge in [0.2, 0.25) is 11.8 Å². The quantitative estimate of drug-likeness (QED) is 0.242. The number of hydrogen-bond acceptors (Lipinski definition) is 7. The number of thioether (sulfide) groups is 2. The van der Waals surface area contributed by atoms with Crippen LogP contribution in [-0.2, 0) is 32.8 Å². The molecule has 8 nitrogen and oxygen atoms in total. The summed E-state index contributed by atoms with van der Waals surface area (Å²) < 4.78 is 6.36. The van der Waals surface area contributed by atoms with Crippen molar-refractivity contribution in [1.82, 2.24) is 4.90 Å². The second kappa shape index (κ2) is 10.4. The Morgan fingerprint density at radius 1 is 1.10 bits per heavy atom. The molecular weight excluding hydrogens is 572 g/mol. The number of nitrogens with zero attached hydrogens (tertiary/aromatic N) is 1. The number of carbonyl (C=O) groups is 3. The Balaban J connectivity index is 1.26. The molecule has 2 unspecified atom stereocenters. The molecule has 1 saturated heterocycles. The predicted octanol–water partition coefficient (Wildman–Crippen LogP) is 5.40. The minimum Gasteiger partial charge on any atom is -0.477 e. The minimum atomic E-state index is -1.10. The number of carboxylic acids is 1. The molecule has 7 rings (SSSR count). The van der Waals surface area contributed by atoms with E-state index in [1.165, 1.54) is 4.90 Å². The lowest BCUT2D eigenvalue weighted by Gasteiger charge is -2.48. The molecule has 212 valence electrons. The van der Waals surface area contributed by atoms with Gasteiger partial charge < -0.3 is 19.9 Å². The molecule has 10 heteroatoms. The summed E-state index contributed by atoms with van der Waals surface area (Å²) >= 11 is 3.29. The zero-order valence-electron chi connectivity index (χ0n) is 22.3. The molecule has 1 aromatic heterocycles. The zero-order chi connectivity index (χ0) is 29.0. The Morgan fingerprint density at radius 2 is 1.90 bits per heavy atom. The second-order valence-corrected chi connectivity index (χ2v) is 12.9. The number of fused-ring (bicyclic) bond motifs is 4. The number of carbonyl (C=O) groups excluding carboxylic acids is 2. The largest absolute Gasteiger partial charge is 0.477 e. The molecule has 1 fully saturated rings. The fourth-order valence-electron chi connectivity index (χ4n) is 6.02. The Kier molecular flexibility index (Phi) is 6.64. The van der Waals surface area contributed by atoms with Gasteiger partial charge in [0.05, 0.1) is 30.5 Å². The lowest BCUT2D eigenvalue weighted by Crippen LogP contribution is -2.56. The van der Waals surface area contributed by atoms with Gasteiger partial charge in [-0.2, -0.15) is 0 Å². The second-order valence-electron chi connectivity index (χ2n) is 10.6. The van der Waals surface area contributed by atoms with Crippen LogP contribution in [0.1, 0.15) is 23.1 Å². The summed E-state index contributed by atoms with van der Waals surface area (Å²) in [7, 11) is 0. The Morgan fingerprint density at radius 3 is 2.62 bits per heavy atom. The van der Waals surface area contributed by atoms with Crippen LogP contribution in [0.25, 0.3) is 21.9 Å². The lowest BCUT2D eigenvalue weighted by molar-refractivity contribution is -0.146. The highest BCUT2D eigenvalue weighted by Crippen LogP contribution is 2.52. The van der Waals surface area contributed by atoms with Gasteiger partial charge in [0.1, 0.15) is 16.9 Å². The smallest absolute Gasteiger partial charge is 0.352 e. The SMILES string of the molecule is O=C(Cc1ccccc1)Nc1ccc2c(oc3cc(C4(C5C=C(C(=O)O)N6C(=O)C[C@H]6S5)C=CSC4)ccc32)c1CO. The number of nitrogens with one attached hydrogen (secondary N) is 1. The van der Waals surface area contributed by atoms with Gasteiger partial charge >= 0.3 is 5.97 Å². The van der Waals surface area contributed by atoms with Crippen LogP contribution in [0.15, 0.2) is 88.3 Å². The number of anilines is 1. The maximum absolute atomic E-state index is 12.8. The van der Waals surface area contributed by atoms with E-state index in [1.807, 2.05) is 53.9 Å². The molecule has 3 atom stereocenters. The molecule has 42 heavy (non-hydrogen) atoms. The van der Waals surface area contributed by atoms with Gasteiger partial charge in [-0.15, -0.1) is 23.5 Å². The van der Waals surface area contributed by atoms with Crippen LogP contribution in [0, 0.1) is 0 Å². The van der Waals surface area contributed by atoms with Crippen molar-refractivity contribution in [2.45, 2.75) is 35.5 Å². The summed E-state index contributed by atoms with van der Waals surface area (Å²) in [5.74, 6) is -0.727. The van der Waals surface area contributed by atoms with E-state index in [0.717, 1.165) is 27.7 Å². The first-order valence-corrected chi connectivity index (χ1v) is 15.5. The van der Waals surface area contributed by atoms with Crippen LogP contribution in [0.4, 0.5) is 5.69 Å². The number of amides is 2. The molecule has 2 amide bonds. The first-order chi connectivity index (χ1) is 20.4. The third kappa shape index (κ3) is 4.33. The summed E-state index contributed by atoms with van der Waals surface area (Å²) in [6.07, 6.45) is 4.39. The van der Waals surface area contributed by atoms with Crippen molar-refractivity contribution < 1.29 is 29.0 Å². The Labute approximate surface area is 249 Å². The summed E-state index contributed by atoms with van der Waals surface area (Å²) in [5, 5.41) is 26.5. The topological polar surface area (TPSA) is 120 Å². The number of aliphatic hydroxyl groups is 1. The van der Waals surface area contributed by atoms with Crippen molar-refractivity contribution in [1.29, 1.82) is 0 Å². The number of furan rings is 1. The van der Waals surface area contributed by atoms with Crippen LogP contribution < -0.4 is 5.32 Å². The third-order valence-corrected chi connectivity index (χ3v) is 10.7. The average Bonchev–Trinajstić information content (AvgIpc) is 3.62. The molecule has 4 aromatic rings. The van der Waals surface area contributed by atoms with Crippen molar-refractivity contribution in [3.63, 3.8) is 0 Å². The van der Waals surface area contributed by atoms with E-state index in [9.17, 15) is 24.6 Å². The van der Waals surface area contributed by atoms with Gasteiger partial charge in [-0.05, 0) is 40.8 Å². The summed E-state index contributed by atoms with van der Waals surface area (Å²) in [4.78, 5) is 38.4. The highest BCUT2D eigenvalue weighted by atomic mass is 32.2. The van der Waals surface area contributed by atoms with E-state index in [1.54, 1.807) is 35.7 Å². The molecule has 0 aliphatic carbocycles. The van der Waals surface area contributed by atoms with Gasteiger partial charge in [0.15, 0.2) is 0 Å². The van der Waals surface area contributed by atoms with Crippen LogP contribution in [-0.4, -0.2) is 49.3 Å². The number of benzene rings is 3. The number of hydrogen-bond donors (Lipinski definition) is 3. The van der Waals surface area contributed by atoms with Crippen LogP contribution in [0.2, 0.25) is 0 Å². The number of rotatable bonds is 7. The summed E-state index contributed by atoms with van der Waals surface area (Å²) in [5.41, 5.74) is 3.58. The van der Waals surface area contributed by atoms with Crippen LogP contribution in [0.5, 0.6) is 0 Å². The molecule has 0 spiro atoms. The molecular formula is C32H26N2O6S2. The first kappa shape index (κ1) is 26.9. The molecule has 3 N–H and O–H groups in total. The molecule has 0 radical (unpaired) electrons. The number of β-lactam (4-membered cyclic amide) rings is 1.